The highest BCUT2D eigenvalue weighted by molar-refractivity contribution is 5.03. The molecule has 0 aromatic carbocycles. The van der Waals surface area contributed by atoms with E-state index in [1.54, 1.807) is 0 Å². The molecule has 1 aromatic rings. The molecule has 0 bridgehead atoms. The topological polar surface area (TPSA) is 42.3 Å². The van der Waals surface area contributed by atoms with Gasteiger partial charge >= 0.3 is 0 Å². The molecule has 20 heavy (non-hydrogen) atoms. The maximum absolute atomic E-state index is 6.04. The van der Waals surface area contributed by atoms with Crippen LogP contribution in [-0.2, 0) is 11.8 Å². The van der Waals surface area contributed by atoms with Crippen LogP contribution in [0.5, 0.6) is 0 Å². The molecule has 1 aliphatic heterocycles. The number of hydrogen-bond donors (Lipinski definition) is 1. The molecule has 5 nitrogen and oxygen atoms in total. The Balaban J connectivity index is 2.07. The van der Waals surface area contributed by atoms with Gasteiger partial charge in [-0.25, -0.2) is 4.98 Å². The van der Waals surface area contributed by atoms with E-state index in [-0.39, 0.29) is 12.1 Å². The van der Waals surface area contributed by atoms with Crippen molar-refractivity contribution >= 4 is 0 Å². The summed E-state index contributed by atoms with van der Waals surface area (Å²) in [4.78, 5) is 7.01. The second-order valence-electron chi connectivity index (χ2n) is 5.54. The second-order valence-corrected chi connectivity index (χ2v) is 5.54. The standard InChI is InChI=1S/C15H28N4O/c1-4-6-16-14(15-17-7-9-18(15)3)13-12-19(8-5-2)10-11-20-13/h7,9,13-14,16H,4-6,8,10-12H2,1-3H3. The molecular formula is C15H28N4O. The third kappa shape index (κ3) is 3.81. The average molecular weight is 280 g/mol. The summed E-state index contributed by atoms with van der Waals surface area (Å²) in [5, 5.41) is 3.61. The number of imidazole rings is 1. The Labute approximate surface area is 122 Å². The maximum atomic E-state index is 6.04. The van der Waals surface area contributed by atoms with Crippen LogP contribution in [0.15, 0.2) is 12.4 Å². The van der Waals surface area contributed by atoms with Gasteiger partial charge in [0.25, 0.3) is 0 Å². The molecular weight excluding hydrogens is 252 g/mol. The number of rotatable bonds is 7. The molecule has 2 unspecified atom stereocenters. The Morgan fingerprint density at radius 3 is 2.95 bits per heavy atom. The monoisotopic (exact) mass is 280 g/mol. The molecule has 0 amide bonds. The fourth-order valence-electron chi connectivity index (χ4n) is 2.82. The van der Waals surface area contributed by atoms with Crippen molar-refractivity contribution in [2.45, 2.75) is 38.8 Å². The Kier molecular flexibility index (Phi) is 6.01. The van der Waals surface area contributed by atoms with E-state index in [1.165, 1.54) is 6.42 Å². The molecule has 2 atom stereocenters. The van der Waals surface area contributed by atoms with Crippen molar-refractivity contribution in [1.29, 1.82) is 0 Å². The van der Waals surface area contributed by atoms with E-state index >= 15 is 0 Å². The van der Waals surface area contributed by atoms with E-state index in [0.29, 0.717) is 0 Å². The summed E-state index contributed by atoms with van der Waals surface area (Å²) in [6, 6.07) is 0.176. The summed E-state index contributed by atoms with van der Waals surface area (Å²) in [6.07, 6.45) is 6.36. The minimum atomic E-state index is 0.176. The first-order valence-electron chi connectivity index (χ1n) is 7.80. The zero-order valence-corrected chi connectivity index (χ0v) is 13.0. The van der Waals surface area contributed by atoms with Crippen molar-refractivity contribution in [3.05, 3.63) is 18.2 Å². The maximum Gasteiger partial charge on any atom is 0.128 e. The predicted octanol–water partition coefficient (Wildman–Crippen LogP) is 1.57. The van der Waals surface area contributed by atoms with Crippen molar-refractivity contribution < 1.29 is 4.74 Å². The van der Waals surface area contributed by atoms with Crippen molar-refractivity contribution in [3.63, 3.8) is 0 Å². The summed E-state index contributed by atoms with van der Waals surface area (Å²) < 4.78 is 8.13. The molecule has 0 radical (unpaired) electrons. The van der Waals surface area contributed by atoms with Crippen LogP contribution in [0.25, 0.3) is 0 Å². The Bertz CT molecular complexity index is 391. The Morgan fingerprint density at radius 1 is 1.45 bits per heavy atom. The van der Waals surface area contributed by atoms with Gasteiger partial charge in [0.15, 0.2) is 0 Å². The lowest BCUT2D eigenvalue weighted by Crippen LogP contribution is -2.49. The number of hydrogen-bond acceptors (Lipinski definition) is 4. The van der Waals surface area contributed by atoms with E-state index in [2.05, 4.69) is 40.7 Å². The normalized spacial score (nSPS) is 22.1. The van der Waals surface area contributed by atoms with E-state index in [1.807, 2.05) is 12.4 Å². The summed E-state index contributed by atoms with van der Waals surface area (Å²) in [5.74, 6) is 1.07. The van der Waals surface area contributed by atoms with Crippen LogP contribution in [0, 0.1) is 0 Å². The van der Waals surface area contributed by atoms with Crippen LogP contribution in [0.1, 0.15) is 38.6 Å². The van der Waals surface area contributed by atoms with Gasteiger partial charge < -0.3 is 14.6 Å². The van der Waals surface area contributed by atoms with Gasteiger partial charge in [-0.1, -0.05) is 13.8 Å². The molecule has 1 saturated heterocycles. The summed E-state index contributed by atoms with van der Waals surface area (Å²) in [5.41, 5.74) is 0. The van der Waals surface area contributed by atoms with Crippen LogP contribution in [0.4, 0.5) is 0 Å². The number of nitrogens with one attached hydrogen (secondary N) is 1. The van der Waals surface area contributed by atoms with Gasteiger partial charge in [-0.2, -0.15) is 0 Å². The lowest BCUT2D eigenvalue weighted by Gasteiger charge is -2.37. The average Bonchev–Trinajstić information content (AvgIpc) is 2.87. The summed E-state index contributed by atoms with van der Waals surface area (Å²) in [6.45, 7) is 9.42. The zero-order chi connectivity index (χ0) is 14.4. The van der Waals surface area contributed by atoms with E-state index < -0.39 is 0 Å². The molecule has 1 fully saturated rings. The second kappa shape index (κ2) is 7.76. The molecule has 0 saturated carbocycles. The first-order chi connectivity index (χ1) is 9.76. The third-order valence-corrected chi connectivity index (χ3v) is 3.84. The third-order valence-electron chi connectivity index (χ3n) is 3.84. The SMILES string of the molecule is CCCNC(c1nccn1C)C1CN(CCC)CCO1. The van der Waals surface area contributed by atoms with E-state index in [0.717, 1.165) is 45.0 Å². The highest BCUT2D eigenvalue weighted by atomic mass is 16.5. The molecule has 1 aromatic heterocycles. The first-order valence-corrected chi connectivity index (χ1v) is 7.80. The number of aryl methyl sites for hydroxylation is 1. The van der Waals surface area contributed by atoms with Crippen LogP contribution < -0.4 is 5.32 Å². The number of morpholine rings is 1. The molecule has 114 valence electrons. The van der Waals surface area contributed by atoms with Crippen molar-refractivity contribution in [3.8, 4) is 0 Å². The number of aromatic nitrogens is 2. The lowest BCUT2D eigenvalue weighted by atomic mass is 10.1. The molecule has 2 heterocycles. The smallest absolute Gasteiger partial charge is 0.128 e. The van der Waals surface area contributed by atoms with Crippen molar-refractivity contribution in [2.24, 2.45) is 7.05 Å². The van der Waals surface area contributed by atoms with Crippen molar-refractivity contribution in [2.75, 3.05) is 32.8 Å². The number of nitrogens with zero attached hydrogens (tertiary/aromatic N) is 3. The first kappa shape index (κ1) is 15.5. The van der Waals surface area contributed by atoms with Gasteiger partial charge in [-0.05, 0) is 25.9 Å². The van der Waals surface area contributed by atoms with Crippen LogP contribution in [-0.4, -0.2) is 53.3 Å². The van der Waals surface area contributed by atoms with Gasteiger partial charge in [0.1, 0.15) is 5.82 Å². The highest BCUT2D eigenvalue weighted by Crippen LogP contribution is 2.21. The van der Waals surface area contributed by atoms with Crippen LogP contribution in [0.3, 0.4) is 0 Å². The van der Waals surface area contributed by atoms with Crippen LogP contribution in [0.2, 0.25) is 0 Å². The molecule has 2 rings (SSSR count). The zero-order valence-electron chi connectivity index (χ0n) is 13.0. The quantitative estimate of drug-likeness (QED) is 0.823. The van der Waals surface area contributed by atoms with E-state index in [4.69, 9.17) is 4.74 Å². The lowest BCUT2D eigenvalue weighted by molar-refractivity contribution is -0.0488. The van der Waals surface area contributed by atoms with Crippen molar-refractivity contribution in [1.82, 2.24) is 19.8 Å². The molecule has 1 aliphatic rings. The van der Waals surface area contributed by atoms with Gasteiger partial charge in [0, 0.05) is 32.5 Å². The predicted molar refractivity (Wildman–Crippen MR) is 80.7 cm³/mol. The molecule has 1 N–H and O–H groups in total. The van der Waals surface area contributed by atoms with Crippen LogP contribution >= 0.6 is 0 Å². The minimum absolute atomic E-state index is 0.176. The Hall–Kier alpha value is -0.910. The minimum Gasteiger partial charge on any atom is -0.373 e. The largest absolute Gasteiger partial charge is 0.373 e. The van der Waals surface area contributed by atoms with Gasteiger partial charge in [0.2, 0.25) is 0 Å². The Morgan fingerprint density at radius 2 is 2.30 bits per heavy atom. The van der Waals surface area contributed by atoms with Gasteiger partial charge in [0.05, 0.1) is 18.8 Å². The molecule has 0 spiro atoms. The summed E-state index contributed by atoms with van der Waals surface area (Å²) >= 11 is 0. The molecule has 5 heteroatoms. The van der Waals surface area contributed by atoms with Gasteiger partial charge in [-0.15, -0.1) is 0 Å². The van der Waals surface area contributed by atoms with Gasteiger partial charge in [-0.3, -0.25) is 4.90 Å². The van der Waals surface area contributed by atoms with E-state index in [9.17, 15) is 0 Å². The number of ether oxygens (including phenoxy) is 1. The summed E-state index contributed by atoms with van der Waals surface area (Å²) in [7, 11) is 2.05. The fourth-order valence-corrected chi connectivity index (χ4v) is 2.82. The molecule has 0 aliphatic carbocycles. The fraction of sp³-hybridized carbons (Fsp3) is 0.800. The highest BCUT2D eigenvalue weighted by Gasteiger charge is 2.30.